The lowest BCUT2D eigenvalue weighted by atomic mass is 10.1. The third-order valence-electron chi connectivity index (χ3n) is 3.22. The number of aliphatic hydroxyl groups excluding tert-OH is 1. The maximum absolute atomic E-state index is 8.93. The van der Waals surface area contributed by atoms with Crippen LogP contribution < -0.4 is 5.32 Å². The van der Waals surface area contributed by atoms with Crippen molar-refractivity contribution in [2.24, 2.45) is 0 Å². The molecule has 0 aromatic carbocycles. The second-order valence-electron chi connectivity index (χ2n) is 4.66. The molecule has 1 heterocycles. The molecular weight excluding hydrogens is 176 g/mol. The second kappa shape index (κ2) is 5.10. The van der Waals surface area contributed by atoms with Crippen LogP contribution in [0, 0.1) is 0 Å². The largest absolute Gasteiger partial charge is 0.395 e. The predicted molar refractivity (Wildman–Crippen MR) is 57.3 cm³/mol. The second-order valence-corrected chi connectivity index (χ2v) is 4.66. The van der Waals surface area contributed by atoms with E-state index in [9.17, 15) is 0 Å². The number of rotatable bonds is 4. The Labute approximate surface area is 86.5 Å². The zero-order valence-corrected chi connectivity index (χ0v) is 8.91. The molecule has 14 heavy (non-hydrogen) atoms. The summed E-state index contributed by atoms with van der Waals surface area (Å²) in [7, 11) is 0. The third kappa shape index (κ3) is 3.23. The fraction of sp³-hybridized carbons (Fsp3) is 1.00. The fourth-order valence-corrected chi connectivity index (χ4v) is 2.28. The van der Waals surface area contributed by atoms with Gasteiger partial charge in [-0.1, -0.05) is 6.42 Å². The molecule has 1 saturated heterocycles. The summed E-state index contributed by atoms with van der Waals surface area (Å²) in [6.07, 6.45) is 6.70. The van der Waals surface area contributed by atoms with Gasteiger partial charge >= 0.3 is 0 Å². The number of β-amino-alcohol motifs (C(OH)–C–C–N with tert-alkyl or cyclic N) is 1. The number of hydrogen-bond donors (Lipinski definition) is 2. The summed E-state index contributed by atoms with van der Waals surface area (Å²) in [4.78, 5) is 2.40. The summed E-state index contributed by atoms with van der Waals surface area (Å²) in [5.74, 6) is 0. The van der Waals surface area contributed by atoms with Crippen LogP contribution in [0.3, 0.4) is 0 Å². The maximum atomic E-state index is 8.93. The topological polar surface area (TPSA) is 35.5 Å². The van der Waals surface area contributed by atoms with Gasteiger partial charge in [-0.05, 0) is 32.2 Å². The van der Waals surface area contributed by atoms with Crippen LogP contribution in [0.15, 0.2) is 0 Å². The maximum Gasteiger partial charge on any atom is 0.0558 e. The summed E-state index contributed by atoms with van der Waals surface area (Å²) < 4.78 is 0. The molecule has 2 aliphatic rings. The van der Waals surface area contributed by atoms with Gasteiger partial charge < -0.3 is 10.4 Å². The Balaban J connectivity index is 1.76. The van der Waals surface area contributed by atoms with Crippen LogP contribution in [0.5, 0.6) is 0 Å². The van der Waals surface area contributed by atoms with Crippen molar-refractivity contribution in [3.05, 3.63) is 0 Å². The van der Waals surface area contributed by atoms with Crippen molar-refractivity contribution in [1.82, 2.24) is 10.2 Å². The number of hydrogen-bond acceptors (Lipinski definition) is 3. The highest BCUT2D eigenvalue weighted by Gasteiger charge is 2.26. The highest BCUT2D eigenvalue weighted by Crippen LogP contribution is 2.21. The van der Waals surface area contributed by atoms with Crippen molar-refractivity contribution in [2.75, 3.05) is 26.2 Å². The molecular formula is C11H22N2O. The normalized spacial score (nSPS) is 30.2. The lowest BCUT2D eigenvalue weighted by Gasteiger charge is -2.24. The number of nitrogens with one attached hydrogen (secondary N) is 1. The monoisotopic (exact) mass is 198 g/mol. The van der Waals surface area contributed by atoms with Gasteiger partial charge in [-0.25, -0.2) is 0 Å². The Morgan fingerprint density at radius 3 is 2.71 bits per heavy atom. The molecule has 0 spiro atoms. The Morgan fingerprint density at radius 2 is 2.00 bits per heavy atom. The van der Waals surface area contributed by atoms with E-state index in [0.717, 1.165) is 19.1 Å². The Bertz CT molecular complexity index is 171. The van der Waals surface area contributed by atoms with Gasteiger partial charge in [0.15, 0.2) is 0 Å². The van der Waals surface area contributed by atoms with Gasteiger partial charge in [0.2, 0.25) is 0 Å². The van der Waals surface area contributed by atoms with Crippen molar-refractivity contribution in [2.45, 2.75) is 44.2 Å². The highest BCUT2D eigenvalue weighted by atomic mass is 16.3. The molecule has 0 aromatic rings. The van der Waals surface area contributed by atoms with E-state index >= 15 is 0 Å². The molecule has 2 fully saturated rings. The van der Waals surface area contributed by atoms with E-state index in [1.165, 1.54) is 38.6 Å². The van der Waals surface area contributed by atoms with Crippen LogP contribution in [-0.2, 0) is 0 Å². The predicted octanol–water partition coefficient (Wildman–Crippen LogP) is 0.585. The van der Waals surface area contributed by atoms with E-state index < -0.39 is 0 Å². The minimum absolute atomic E-state index is 0.302. The van der Waals surface area contributed by atoms with E-state index in [4.69, 9.17) is 5.11 Å². The van der Waals surface area contributed by atoms with Crippen LogP contribution in [0.4, 0.5) is 0 Å². The summed E-state index contributed by atoms with van der Waals surface area (Å²) >= 11 is 0. The van der Waals surface area contributed by atoms with Crippen molar-refractivity contribution >= 4 is 0 Å². The first kappa shape index (κ1) is 10.4. The number of likely N-dealkylation sites (tertiary alicyclic amines) is 1. The molecule has 3 nitrogen and oxygen atoms in total. The molecule has 2 rings (SSSR count). The molecule has 1 aliphatic carbocycles. The first-order valence-electron chi connectivity index (χ1n) is 5.98. The van der Waals surface area contributed by atoms with E-state index in [2.05, 4.69) is 10.2 Å². The minimum atomic E-state index is 0.302. The Hall–Kier alpha value is -0.120. The van der Waals surface area contributed by atoms with Gasteiger partial charge in [-0.3, -0.25) is 4.90 Å². The van der Waals surface area contributed by atoms with E-state index in [0.29, 0.717) is 12.6 Å². The first-order valence-corrected chi connectivity index (χ1v) is 5.98. The molecule has 1 aliphatic heterocycles. The smallest absolute Gasteiger partial charge is 0.0558 e. The quantitative estimate of drug-likeness (QED) is 0.694. The third-order valence-corrected chi connectivity index (χ3v) is 3.22. The fourth-order valence-electron chi connectivity index (χ4n) is 2.28. The summed E-state index contributed by atoms with van der Waals surface area (Å²) in [5.41, 5.74) is 0. The standard InChI is InChI=1S/C11H22N2O/c14-8-7-13-6-2-1-3-11(9-13)12-10-4-5-10/h10-12,14H,1-9H2. The number of nitrogens with zero attached hydrogens (tertiary/aromatic N) is 1. The molecule has 1 saturated carbocycles. The summed E-state index contributed by atoms with van der Waals surface area (Å²) in [6, 6.07) is 1.49. The van der Waals surface area contributed by atoms with Crippen molar-refractivity contribution in [1.29, 1.82) is 0 Å². The molecule has 82 valence electrons. The van der Waals surface area contributed by atoms with Gasteiger partial charge in [0.1, 0.15) is 0 Å². The van der Waals surface area contributed by atoms with E-state index in [1.54, 1.807) is 0 Å². The van der Waals surface area contributed by atoms with Crippen LogP contribution in [-0.4, -0.2) is 48.3 Å². The molecule has 0 aromatic heterocycles. The van der Waals surface area contributed by atoms with Crippen LogP contribution >= 0.6 is 0 Å². The van der Waals surface area contributed by atoms with Gasteiger partial charge in [0, 0.05) is 25.2 Å². The van der Waals surface area contributed by atoms with Crippen LogP contribution in [0.2, 0.25) is 0 Å². The van der Waals surface area contributed by atoms with Crippen molar-refractivity contribution in [3.63, 3.8) is 0 Å². The molecule has 0 bridgehead atoms. The van der Waals surface area contributed by atoms with Crippen molar-refractivity contribution < 1.29 is 5.11 Å². The van der Waals surface area contributed by atoms with Gasteiger partial charge in [-0.2, -0.15) is 0 Å². The lowest BCUT2D eigenvalue weighted by Crippen LogP contribution is -2.41. The first-order chi connectivity index (χ1) is 6.88. The average Bonchev–Trinajstić information content (AvgIpc) is 2.96. The number of aliphatic hydroxyl groups is 1. The van der Waals surface area contributed by atoms with Crippen molar-refractivity contribution in [3.8, 4) is 0 Å². The van der Waals surface area contributed by atoms with Gasteiger partial charge in [-0.15, -0.1) is 0 Å². The molecule has 0 amide bonds. The van der Waals surface area contributed by atoms with Gasteiger partial charge in [0.25, 0.3) is 0 Å². The average molecular weight is 198 g/mol. The summed E-state index contributed by atoms with van der Waals surface area (Å²) in [5, 5.41) is 12.6. The van der Waals surface area contributed by atoms with Crippen LogP contribution in [0.1, 0.15) is 32.1 Å². The van der Waals surface area contributed by atoms with Gasteiger partial charge in [0.05, 0.1) is 6.61 Å². The molecule has 3 heteroatoms. The lowest BCUT2D eigenvalue weighted by molar-refractivity contribution is 0.190. The SMILES string of the molecule is OCCN1CCCCC(NC2CC2)C1. The minimum Gasteiger partial charge on any atom is -0.395 e. The summed E-state index contributed by atoms with van der Waals surface area (Å²) in [6.45, 7) is 3.46. The highest BCUT2D eigenvalue weighted by molar-refractivity contribution is 4.87. The van der Waals surface area contributed by atoms with E-state index in [-0.39, 0.29) is 0 Å². The van der Waals surface area contributed by atoms with Crippen LogP contribution in [0.25, 0.3) is 0 Å². The zero-order chi connectivity index (χ0) is 9.80. The molecule has 2 N–H and O–H groups in total. The molecule has 0 radical (unpaired) electrons. The Kier molecular flexibility index (Phi) is 3.79. The zero-order valence-electron chi connectivity index (χ0n) is 8.91. The molecule has 1 atom stereocenters. The Morgan fingerprint density at radius 1 is 1.14 bits per heavy atom. The molecule has 1 unspecified atom stereocenters. The van der Waals surface area contributed by atoms with E-state index in [1.807, 2.05) is 0 Å².